The molecule has 0 radical (unpaired) electrons. The fourth-order valence-corrected chi connectivity index (χ4v) is 1.89. The summed E-state index contributed by atoms with van der Waals surface area (Å²) in [5.74, 6) is 0.440. The predicted octanol–water partition coefficient (Wildman–Crippen LogP) is 2.14. The zero-order valence-electron chi connectivity index (χ0n) is 12.8. The molecule has 1 amide bonds. The Morgan fingerprint density at radius 3 is 2.76 bits per heavy atom. The molecule has 21 heavy (non-hydrogen) atoms. The van der Waals surface area contributed by atoms with Gasteiger partial charge in [-0.25, -0.2) is 9.78 Å². The molecule has 1 unspecified atom stereocenters. The molecule has 1 atom stereocenters. The van der Waals surface area contributed by atoms with Gasteiger partial charge in [-0.1, -0.05) is 11.6 Å². The SMILES string of the molecule is COc1nccc(Cl)c1CC(N)CNC(=O)OC(C)(C)C. The Hall–Kier alpha value is -1.53. The largest absolute Gasteiger partial charge is 0.481 e. The summed E-state index contributed by atoms with van der Waals surface area (Å²) in [6.07, 6.45) is 1.50. The fourth-order valence-electron chi connectivity index (χ4n) is 1.67. The minimum absolute atomic E-state index is 0.267. The van der Waals surface area contributed by atoms with Crippen LogP contribution in [0, 0.1) is 0 Å². The van der Waals surface area contributed by atoms with E-state index < -0.39 is 11.7 Å². The quantitative estimate of drug-likeness (QED) is 0.869. The van der Waals surface area contributed by atoms with Crippen LogP contribution in [0.4, 0.5) is 4.79 Å². The van der Waals surface area contributed by atoms with E-state index in [9.17, 15) is 4.79 Å². The third-order valence-electron chi connectivity index (χ3n) is 2.53. The highest BCUT2D eigenvalue weighted by Crippen LogP contribution is 2.24. The van der Waals surface area contributed by atoms with E-state index in [0.717, 1.165) is 5.56 Å². The average molecular weight is 316 g/mol. The van der Waals surface area contributed by atoms with Crippen molar-refractivity contribution in [3.63, 3.8) is 0 Å². The molecule has 1 rings (SSSR count). The lowest BCUT2D eigenvalue weighted by atomic mass is 10.1. The van der Waals surface area contributed by atoms with Crippen molar-refractivity contribution >= 4 is 17.7 Å². The lowest BCUT2D eigenvalue weighted by Crippen LogP contribution is -2.41. The van der Waals surface area contributed by atoms with Crippen LogP contribution < -0.4 is 15.8 Å². The van der Waals surface area contributed by atoms with Crippen molar-refractivity contribution in [2.24, 2.45) is 5.73 Å². The van der Waals surface area contributed by atoms with E-state index in [1.807, 2.05) is 0 Å². The van der Waals surface area contributed by atoms with Crippen LogP contribution in [0.5, 0.6) is 5.88 Å². The lowest BCUT2D eigenvalue weighted by Gasteiger charge is -2.21. The highest BCUT2D eigenvalue weighted by atomic mass is 35.5. The maximum absolute atomic E-state index is 11.6. The first-order valence-corrected chi connectivity index (χ1v) is 7.00. The van der Waals surface area contributed by atoms with Gasteiger partial charge in [0, 0.05) is 24.3 Å². The molecule has 0 saturated heterocycles. The van der Waals surface area contributed by atoms with E-state index in [1.54, 1.807) is 33.0 Å². The second-order valence-corrected chi connectivity index (χ2v) is 6.03. The van der Waals surface area contributed by atoms with Crippen LogP contribution >= 0.6 is 11.6 Å². The number of carbonyl (C=O) groups is 1. The normalized spacial score (nSPS) is 12.7. The van der Waals surface area contributed by atoms with Crippen LogP contribution in [0.25, 0.3) is 0 Å². The third kappa shape index (κ3) is 6.18. The lowest BCUT2D eigenvalue weighted by molar-refractivity contribution is 0.0524. The van der Waals surface area contributed by atoms with Crippen molar-refractivity contribution in [1.29, 1.82) is 0 Å². The summed E-state index contributed by atoms with van der Waals surface area (Å²) >= 11 is 6.11. The molecule has 0 aliphatic heterocycles. The minimum Gasteiger partial charge on any atom is -0.481 e. The Bertz CT molecular complexity index is 489. The highest BCUT2D eigenvalue weighted by molar-refractivity contribution is 6.31. The summed E-state index contributed by atoms with van der Waals surface area (Å²) in [5.41, 5.74) is 6.18. The van der Waals surface area contributed by atoms with E-state index in [4.69, 9.17) is 26.8 Å². The Morgan fingerprint density at radius 1 is 1.52 bits per heavy atom. The van der Waals surface area contributed by atoms with Crippen LogP contribution in [0.15, 0.2) is 12.3 Å². The van der Waals surface area contributed by atoms with E-state index in [1.165, 1.54) is 7.11 Å². The van der Waals surface area contributed by atoms with Gasteiger partial charge in [-0.2, -0.15) is 0 Å². The number of nitrogens with zero attached hydrogens (tertiary/aromatic N) is 1. The number of nitrogens with one attached hydrogen (secondary N) is 1. The highest BCUT2D eigenvalue weighted by Gasteiger charge is 2.18. The number of pyridine rings is 1. The van der Waals surface area contributed by atoms with Gasteiger partial charge in [-0.3, -0.25) is 0 Å². The first-order chi connectivity index (χ1) is 9.73. The molecule has 1 aromatic heterocycles. The van der Waals surface area contributed by atoms with Crippen molar-refractivity contribution in [3.8, 4) is 5.88 Å². The van der Waals surface area contributed by atoms with Crippen LogP contribution in [0.2, 0.25) is 5.02 Å². The van der Waals surface area contributed by atoms with Crippen LogP contribution in [-0.2, 0) is 11.2 Å². The molecule has 0 aliphatic carbocycles. The number of alkyl carbamates (subject to hydrolysis) is 1. The number of carbonyl (C=O) groups excluding carboxylic acids is 1. The van der Waals surface area contributed by atoms with E-state index in [0.29, 0.717) is 17.3 Å². The van der Waals surface area contributed by atoms with E-state index in [2.05, 4.69) is 10.3 Å². The number of hydrogen-bond donors (Lipinski definition) is 2. The molecule has 118 valence electrons. The topological polar surface area (TPSA) is 86.5 Å². The molecule has 0 bridgehead atoms. The van der Waals surface area contributed by atoms with Gasteiger partial charge in [0.15, 0.2) is 0 Å². The maximum atomic E-state index is 11.6. The second kappa shape index (κ2) is 7.47. The molecular formula is C14H22ClN3O3. The monoisotopic (exact) mass is 315 g/mol. The van der Waals surface area contributed by atoms with Gasteiger partial charge in [0.05, 0.1) is 12.1 Å². The summed E-state index contributed by atoms with van der Waals surface area (Å²) in [6.45, 7) is 5.66. The molecular weight excluding hydrogens is 294 g/mol. The molecule has 6 nitrogen and oxygen atoms in total. The zero-order chi connectivity index (χ0) is 16.0. The van der Waals surface area contributed by atoms with Gasteiger partial charge in [0.25, 0.3) is 0 Å². The smallest absolute Gasteiger partial charge is 0.407 e. The second-order valence-electron chi connectivity index (χ2n) is 5.63. The summed E-state index contributed by atoms with van der Waals surface area (Å²) in [7, 11) is 1.52. The van der Waals surface area contributed by atoms with Gasteiger partial charge in [-0.15, -0.1) is 0 Å². The van der Waals surface area contributed by atoms with E-state index in [-0.39, 0.29) is 12.6 Å². The number of hydrogen-bond acceptors (Lipinski definition) is 5. The molecule has 7 heteroatoms. The third-order valence-corrected chi connectivity index (χ3v) is 2.88. The molecule has 1 aromatic rings. The fraction of sp³-hybridized carbons (Fsp3) is 0.571. The van der Waals surface area contributed by atoms with Crippen molar-refractivity contribution in [1.82, 2.24) is 10.3 Å². The first-order valence-electron chi connectivity index (χ1n) is 6.62. The van der Waals surface area contributed by atoms with E-state index >= 15 is 0 Å². The molecule has 0 fully saturated rings. The average Bonchev–Trinajstić information content (AvgIpc) is 2.37. The summed E-state index contributed by atoms with van der Waals surface area (Å²) in [5, 5.41) is 3.16. The molecule has 3 N–H and O–H groups in total. The van der Waals surface area contributed by atoms with Gasteiger partial charge in [0.2, 0.25) is 5.88 Å². The number of methoxy groups -OCH3 is 1. The van der Waals surface area contributed by atoms with Crippen molar-refractivity contribution in [3.05, 3.63) is 22.8 Å². The van der Waals surface area contributed by atoms with Gasteiger partial charge in [-0.05, 0) is 33.3 Å². The molecule has 0 saturated carbocycles. The maximum Gasteiger partial charge on any atom is 0.407 e. The zero-order valence-corrected chi connectivity index (χ0v) is 13.5. The van der Waals surface area contributed by atoms with Crippen molar-refractivity contribution < 1.29 is 14.3 Å². The van der Waals surface area contributed by atoms with Crippen LogP contribution in [0.3, 0.4) is 0 Å². The predicted molar refractivity (Wildman–Crippen MR) is 81.7 cm³/mol. The number of aromatic nitrogens is 1. The number of halogens is 1. The van der Waals surface area contributed by atoms with Crippen molar-refractivity contribution in [2.75, 3.05) is 13.7 Å². The van der Waals surface area contributed by atoms with Gasteiger partial charge < -0.3 is 20.5 Å². The number of amides is 1. The molecule has 0 spiro atoms. The van der Waals surface area contributed by atoms with Crippen LogP contribution in [0.1, 0.15) is 26.3 Å². The Balaban J connectivity index is 2.55. The Morgan fingerprint density at radius 2 is 2.19 bits per heavy atom. The van der Waals surface area contributed by atoms with Gasteiger partial charge >= 0.3 is 6.09 Å². The minimum atomic E-state index is -0.538. The Kier molecular flexibility index (Phi) is 6.23. The molecule has 0 aromatic carbocycles. The van der Waals surface area contributed by atoms with Crippen LogP contribution in [-0.4, -0.2) is 36.4 Å². The van der Waals surface area contributed by atoms with Gasteiger partial charge in [0.1, 0.15) is 5.60 Å². The Labute approximate surface area is 130 Å². The summed E-state index contributed by atoms with van der Waals surface area (Å²) in [4.78, 5) is 15.6. The van der Waals surface area contributed by atoms with Crippen molar-refractivity contribution in [2.45, 2.75) is 38.8 Å². The number of ether oxygens (including phenoxy) is 2. The standard InChI is InChI=1S/C14H22ClN3O3/c1-14(2,3)21-13(19)18-8-9(16)7-10-11(15)5-6-17-12(10)20-4/h5-6,9H,7-8,16H2,1-4H3,(H,18,19). The first kappa shape index (κ1) is 17.5. The summed E-state index contributed by atoms with van der Waals surface area (Å²) in [6, 6.07) is 1.35. The molecule has 1 heterocycles. The summed E-state index contributed by atoms with van der Waals surface area (Å²) < 4.78 is 10.3. The number of rotatable bonds is 5. The molecule has 0 aliphatic rings. The number of nitrogens with two attached hydrogens (primary N) is 1.